The Balaban J connectivity index is 1.44. The predicted octanol–water partition coefficient (Wildman–Crippen LogP) is 5.34. The molecule has 0 spiro atoms. The summed E-state index contributed by atoms with van der Waals surface area (Å²) in [6.07, 6.45) is -5.79. The van der Waals surface area contributed by atoms with E-state index in [9.17, 15) is 30.7 Å². The molecule has 0 bridgehead atoms. The molecule has 2 aromatic heterocycles. The zero-order valence-electron chi connectivity index (χ0n) is 17.1. The number of aromatic nitrogens is 3. The van der Waals surface area contributed by atoms with Gasteiger partial charge < -0.3 is 14.2 Å². The summed E-state index contributed by atoms with van der Waals surface area (Å²) >= 11 is 0. The molecule has 0 saturated carbocycles. The van der Waals surface area contributed by atoms with Crippen molar-refractivity contribution < 1.29 is 44.9 Å². The van der Waals surface area contributed by atoms with Crippen LogP contribution in [0.2, 0.25) is 0 Å². The monoisotopic (exact) mass is 489 g/mol. The molecule has 0 N–H and O–H groups in total. The number of halogens is 7. The highest BCUT2D eigenvalue weighted by molar-refractivity contribution is 5.46. The van der Waals surface area contributed by atoms with Crippen LogP contribution < -0.4 is 14.2 Å². The summed E-state index contributed by atoms with van der Waals surface area (Å²) in [6.45, 7) is -0.610. The van der Waals surface area contributed by atoms with Crippen molar-refractivity contribution in [1.82, 2.24) is 14.8 Å². The number of ether oxygens (including phenoxy) is 3. The zero-order chi connectivity index (χ0) is 24.3. The molecule has 1 aromatic carbocycles. The maximum absolute atomic E-state index is 14.3. The topological polar surface area (TPSA) is 58.4 Å². The number of alkyl halides is 5. The van der Waals surface area contributed by atoms with Crippen LogP contribution in [0.3, 0.4) is 0 Å². The summed E-state index contributed by atoms with van der Waals surface area (Å²) in [5.74, 6) is -3.51. The third kappa shape index (κ3) is 3.99. The number of nitrogens with zero attached hydrogens (tertiary/aromatic N) is 3. The summed E-state index contributed by atoms with van der Waals surface area (Å²) in [4.78, 5) is 3.52. The Bertz CT molecular complexity index is 1270. The van der Waals surface area contributed by atoms with Crippen molar-refractivity contribution in [3.05, 3.63) is 58.7 Å². The molecule has 34 heavy (non-hydrogen) atoms. The van der Waals surface area contributed by atoms with Gasteiger partial charge in [0.2, 0.25) is 0 Å². The van der Waals surface area contributed by atoms with Crippen LogP contribution in [0.25, 0.3) is 5.69 Å². The van der Waals surface area contributed by atoms with Crippen LogP contribution in [0.1, 0.15) is 35.4 Å². The van der Waals surface area contributed by atoms with Crippen molar-refractivity contribution in [2.75, 3.05) is 0 Å². The normalized spacial score (nSPS) is 16.4. The summed E-state index contributed by atoms with van der Waals surface area (Å²) < 4.78 is 110. The average molecular weight is 489 g/mol. The molecule has 13 heteroatoms. The van der Waals surface area contributed by atoms with Crippen molar-refractivity contribution in [2.45, 2.75) is 44.8 Å². The van der Waals surface area contributed by atoms with Gasteiger partial charge in [0.05, 0.1) is 11.9 Å². The van der Waals surface area contributed by atoms with Crippen LogP contribution in [0, 0.1) is 11.8 Å². The fourth-order valence-corrected chi connectivity index (χ4v) is 3.95. The van der Waals surface area contributed by atoms with Crippen molar-refractivity contribution in [2.24, 2.45) is 0 Å². The van der Waals surface area contributed by atoms with E-state index >= 15 is 0 Å². The van der Waals surface area contributed by atoms with Gasteiger partial charge in [0.15, 0.2) is 22.9 Å². The molecule has 5 rings (SSSR count). The van der Waals surface area contributed by atoms with Crippen molar-refractivity contribution >= 4 is 0 Å². The molecular formula is C21H14F7N3O3. The molecule has 6 nitrogen and oxygen atoms in total. The van der Waals surface area contributed by atoms with Gasteiger partial charge in [-0.05, 0) is 31.7 Å². The second-order valence-corrected chi connectivity index (χ2v) is 7.72. The number of hydrogen-bond donors (Lipinski definition) is 0. The maximum Gasteiger partial charge on any atom is 0.586 e. The van der Waals surface area contributed by atoms with Crippen molar-refractivity contribution in [3.8, 4) is 22.9 Å². The molecule has 3 heterocycles. The second kappa shape index (κ2) is 7.77. The van der Waals surface area contributed by atoms with Gasteiger partial charge in [-0.1, -0.05) is 0 Å². The molecular weight excluding hydrogens is 475 g/mol. The molecule has 0 unspecified atom stereocenters. The first kappa shape index (κ1) is 22.3. The standard InChI is InChI=1S/C21H14F7N3O3/c22-13-7-16-15(33-21(27,28)34-16)5-10(13)9-32-17-6-11(8-29-19(17)23)31-14-4-2-1-3-12(14)18(30-31)20(24,25)26/h5-8H,1-4,9H2. The lowest BCUT2D eigenvalue weighted by molar-refractivity contribution is -0.286. The van der Waals surface area contributed by atoms with E-state index in [1.807, 2.05) is 0 Å². The lowest BCUT2D eigenvalue weighted by Gasteiger charge is -2.15. The Morgan fingerprint density at radius 3 is 2.47 bits per heavy atom. The van der Waals surface area contributed by atoms with Crippen LogP contribution in [-0.2, 0) is 25.6 Å². The molecule has 3 aromatic rings. The fourth-order valence-electron chi connectivity index (χ4n) is 3.95. The molecule has 0 atom stereocenters. The van der Waals surface area contributed by atoms with E-state index in [-0.39, 0.29) is 23.2 Å². The minimum absolute atomic E-state index is 0.0239. The SMILES string of the molecule is Fc1cc2c(cc1COc1cc(-n3nc(C(F)(F)F)c4c3CCCC4)cnc1F)OC(F)(F)O2. The van der Waals surface area contributed by atoms with Crippen LogP contribution >= 0.6 is 0 Å². The van der Waals surface area contributed by atoms with Gasteiger partial charge in [-0.25, -0.2) is 14.1 Å². The van der Waals surface area contributed by atoms with Crippen LogP contribution in [0.5, 0.6) is 17.2 Å². The van der Waals surface area contributed by atoms with E-state index in [1.54, 1.807) is 0 Å². The number of fused-ring (bicyclic) bond motifs is 2. The van der Waals surface area contributed by atoms with E-state index in [0.29, 0.717) is 31.0 Å². The molecule has 2 aliphatic rings. The summed E-state index contributed by atoms with van der Waals surface area (Å²) in [6, 6.07) is 2.68. The first-order valence-electron chi connectivity index (χ1n) is 10.1. The second-order valence-electron chi connectivity index (χ2n) is 7.72. The minimum Gasteiger partial charge on any atom is -0.484 e. The van der Waals surface area contributed by atoms with Gasteiger partial charge in [0.25, 0.3) is 5.95 Å². The van der Waals surface area contributed by atoms with Gasteiger partial charge >= 0.3 is 12.5 Å². The number of hydrogen-bond acceptors (Lipinski definition) is 5. The minimum atomic E-state index is -4.66. The highest BCUT2D eigenvalue weighted by Crippen LogP contribution is 2.42. The van der Waals surface area contributed by atoms with Gasteiger partial charge in [0.1, 0.15) is 12.4 Å². The first-order chi connectivity index (χ1) is 16.0. The van der Waals surface area contributed by atoms with E-state index < -0.39 is 53.8 Å². The van der Waals surface area contributed by atoms with Gasteiger partial charge in [-0.3, -0.25) is 0 Å². The average Bonchev–Trinajstić information content (AvgIpc) is 3.29. The van der Waals surface area contributed by atoms with Crippen LogP contribution in [-0.4, -0.2) is 21.1 Å². The Kier molecular flexibility index (Phi) is 5.10. The summed E-state index contributed by atoms with van der Waals surface area (Å²) in [5.41, 5.74) is -0.796. The Labute approximate surface area is 186 Å². The Hall–Kier alpha value is -3.51. The third-order valence-corrected chi connectivity index (χ3v) is 5.44. The third-order valence-electron chi connectivity index (χ3n) is 5.44. The number of pyridine rings is 1. The quantitative estimate of drug-likeness (QED) is 0.366. The molecule has 1 aliphatic heterocycles. The smallest absolute Gasteiger partial charge is 0.484 e. The first-order valence-corrected chi connectivity index (χ1v) is 10.1. The zero-order valence-corrected chi connectivity index (χ0v) is 17.1. The molecule has 0 fully saturated rings. The lowest BCUT2D eigenvalue weighted by atomic mass is 9.95. The van der Waals surface area contributed by atoms with Crippen molar-refractivity contribution in [1.29, 1.82) is 0 Å². The molecule has 0 radical (unpaired) electrons. The predicted molar refractivity (Wildman–Crippen MR) is 99.9 cm³/mol. The number of benzene rings is 1. The van der Waals surface area contributed by atoms with Gasteiger partial charge in [0, 0.05) is 29.0 Å². The summed E-state index contributed by atoms with van der Waals surface area (Å²) in [5, 5.41) is 3.70. The van der Waals surface area contributed by atoms with Crippen LogP contribution in [0.4, 0.5) is 30.7 Å². The summed E-state index contributed by atoms with van der Waals surface area (Å²) in [7, 11) is 0. The van der Waals surface area contributed by atoms with E-state index in [2.05, 4.69) is 19.6 Å². The lowest BCUT2D eigenvalue weighted by Crippen LogP contribution is -2.25. The largest absolute Gasteiger partial charge is 0.586 e. The molecule has 0 saturated heterocycles. The molecule has 180 valence electrons. The highest BCUT2D eigenvalue weighted by Gasteiger charge is 2.44. The fraction of sp³-hybridized carbons (Fsp3) is 0.333. The van der Waals surface area contributed by atoms with Gasteiger partial charge in [-0.15, -0.1) is 8.78 Å². The van der Waals surface area contributed by atoms with Crippen LogP contribution in [0.15, 0.2) is 24.4 Å². The Morgan fingerprint density at radius 2 is 1.74 bits per heavy atom. The highest BCUT2D eigenvalue weighted by atomic mass is 19.4. The van der Waals surface area contributed by atoms with E-state index in [1.165, 1.54) is 0 Å². The maximum atomic E-state index is 14.3. The Morgan fingerprint density at radius 1 is 1.03 bits per heavy atom. The van der Waals surface area contributed by atoms with Gasteiger partial charge in [-0.2, -0.15) is 22.7 Å². The van der Waals surface area contributed by atoms with E-state index in [4.69, 9.17) is 4.74 Å². The van der Waals surface area contributed by atoms with E-state index in [0.717, 1.165) is 23.0 Å². The molecule has 1 aliphatic carbocycles. The number of rotatable bonds is 4. The molecule has 0 amide bonds. The van der Waals surface area contributed by atoms with Crippen molar-refractivity contribution in [3.63, 3.8) is 0 Å².